The number of hydrogen-bond acceptors (Lipinski definition) is 5. The monoisotopic (exact) mass is 520 g/mol. The fraction of sp³-hybridized carbons (Fsp3) is 0.379. The Morgan fingerprint density at radius 1 is 1.16 bits per heavy atom. The summed E-state index contributed by atoms with van der Waals surface area (Å²) in [4.78, 5) is 20.9. The first-order valence-corrected chi connectivity index (χ1v) is 13.2. The van der Waals surface area contributed by atoms with Crippen molar-refractivity contribution in [2.45, 2.75) is 44.7 Å². The van der Waals surface area contributed by atoms with Crippen molar-refractivity contribution in [2.75, 3.05) is 26.8 Å². The molecule has 5 rings (SSSR count). The van der Waals surface area contributed by atoms with Crippen LogP contribution in [0.25, 0.3) is 21.8 Å². The van der Waals surface area contributed by atoms with Crippen LogP contribution in [0.3, 0.4) is 0 Å². The number of likely N-dealkylation sites (tertiary alicyclic amines) is 1. The number of benzene rings is 2. The number of piperidine rings is 1. The third-order valence-electron chi connectivity index (χ3n) is 7.49. The third-order valence-corrected chi connectivity index (χ3v) is 7.79. The van der Waals surface area contributed by atoms with Gasteiger partial charge < -0.3 is 14.7 Å². The average Bonchev–Trinajstić information content (AvgIpc) is 3.21. The van der Waals surface area contributed by atoms with Crippen LogP contribution in [-0.4, -0.2) is 50.9 Å². The van der Waals surface area contributed by atoms with Crippen molar-refractivity contribution >= 4 is 33.4 Å². The van der Waals surface area contributed by atoms with E-state index in [1.54, 1.807) is 7.11 Å². The van der Waals surface area contributed by atoms with Gasteiger partial charge in [0.1, 0.15) is 0 Å². The van der Waals surface area contributed by atoms with Crippen LogP contribution in [0.4, 0.5) is 0 Å². The number of aliphatic hydroxyl groups excluding tert-OH is 1. The van der Waals surface area contributed by atoms with Crippen LogP contribution in [0.15, 0.2) is 65.9 Å². The van der Waals surface area contributed by atoms with Gasteiger partial charge in [-0.05, 0) is 61.8 Å². The van der Waals surface area contributed by atoms with E-state index in [0.717, 1.165) is 78.3 Å². The fourth-order valence-electron chi connectivity index (χ4n) is 5.53. The number of para-hydroxylation sites is 1. The van der Waals surface area contributed by atoms with Crippen LogP contribution >= 0.6 is 11.6 Å². The number of rotatable bonds is 9. The predicted molar refractivity (Wildman–Crippen MR) is 148 cm³/mol. The number of fused-ring (bicyclic) bond motifs is 2. The lowest BCUT2D eigenvalue weighted by atomic mass is 9.99. The first kappa shape index (κ1) is 25.4. The van der Waals surface area contributed by atoms with Crippen LogP contribution in [0.2, 0.25) is 5.02 Å². The number of nitrogens with zero attached hydrogens (tertiary/aromatic N) is 4. The smallest absolute Gasteiger partial charge is 0.329 e. The number of hydrogen-bond donors (Lipinski definition) is 1. The molecule has 1 saturated heterocycles. The Kier molecular flexibility index (Phi) is 7.53. The minimum Gasteiger partial charge on any atom is -0.483 e. The molecular weight excluding hydrogens is 488 g/mol. The van der Waals surface area contributed by atoms with Crippen molar-refractivity contribution in [3.8, 4) is 0 Å². The van der Waals surface area contributed by atoms with Gasteiger partial charge in [0, 0.05) is 37.3 Å². The van der Waals surface area contributed by atoms with Gasteiger partial charge in [0.25, 0.3) is 0 Å². The fourth-order valence-corrected chi connectivity index (χ4v) is 5.79. The topological polar surface area (TPSA) is 72.5 Å². The first-order chi connectivity index (χ1) is 18.0. The van der Waals surface area contributed by atoms with Gasteiger partial charge in [-0.1, -0.05) is 41.9 Å². The normalized spacial score (nSPS) is 14.5. The molecule has 0 aliphatic carbocycles. The molecule has 194 valence electrons. The zero-order valence-corrected chi connectivity index (χ0v) is 22.0. The van der Waals surface area contributed by atoms with E-state index in [9.17, 15) is 9.90 Å². The van der Waals surface area contributed by atoms with Crippen molar-refractivity contribution in [2.24, 2.45) is 0 Å². The van der Waals surface area contributed by atoms with Gasteiger partial charge in [0.2, 0.25) is 0 Å². The average molecular weight is 521 g/mol. The number of methoxy groups -OCH3 is 1. The van der Waals surface area contributed by atoms with Gasteiger partial charge >= 0.3 is 5.69 Å². The Morgan fingerprint density at radius 2 is 1.95 bits per heavy atom. The van der Waals surface area contributed by atoms with Crippen LogP contribution in [0, 0.1) is 0 Å². The first-order valence-electron chi connectivity index (χ1n) is 12.9. The summed E-state index contributed by atoms with van der Waals surface area (Å²) in [5.41, 5.74) is 3.54. The molecule has 7 nitrogen and oxygen atoms in total. The summed E-state index contributed by atoms with van der Waals surface area (Å²) in [7, 11) is 1.63. The Balaban J connectivity index is 1.57. The molecule has 1 aliphatic rings. The van der Waals surface area contributed by atoms with Crippen molar-refractivity contribution in [3.05, 3.63) is 87.9 Å². The van der Waals surface area contributed by atoms with Crippen LogP contribution in [0.1, 0.15) is 43.0 Å². The molecule has 2 aromatic carbocycles. The molecule has 1 N–H and O–H groups in total. The molecule has 1 aliphatic heterocycles. The lowest BCUT2D eigenvalue weighted by molar-refractivity contribution is 0.120. The second kappa shape index (κ2) is 11.0. The molecule has 0 bridgehead atoms. The van der Waals surface area contributed by atoms with E-state index in [0.29, 0.717) is 17.5 Å². The summed E-state index contributed by atoms with van der Waals surface area (Å²) >= 11 is 6.71. The molecule has 3 heterocycles. The number of aryl methyl sites for hydroxylation is 1. The van der Waals surface area contributed by atoms with Crippen LogP contribution in [0.5, 0.6) is 0 Å². The molecule has 0 atom stereocenters. The second-order valence-corrected chi connectivity index (χ2v) is 10.0. The molecule has 0 unspecified atom stereocenters. The molecule has 1 fully saturated rings. The SMILES string of the molecule is C=C(OC)N1CCC(n2c(=O)n(Cc3ncc4ccccc4c3CCCCO)c3cccc(Cl)c32)CC1. The Hall–Kier alpha value is -3.29. The Morgan fingerprint density at radius 3 is 2.70 bits per heavy atom. The van der Waals surface area contributed by atoms with Crippen molar-refractivity contribution in [1.29, 1.82) is 0 Å². The zero-order chi connectivity index (χ0) is 25.9. The number of imidazole rings is 1. The maximum absolute atomic E-state index is 14.0. The van der Waals surface area contributed by atoms with Gasteiger partial charge in [-0.2, -0.15) is 0 Å². The Bertz CT molecular complexity index is 1480. The van der Waals surface area contributed by atoms with Gasteiger partial charge in [0.15, 0.2) is 5.88 Å². The van der Waals surface area contributed by atoms with E-state index in [4.69, 9.17) is 21.3 Å². The van der Waals surface area contributed by atoms with Crippen LogP contribution < -0.4 is 5.69 Å². The molecular formula is C29H33ClN4O3. The van der Waals surface area contributed by atoms with Crippen molar-refractivity contribution in [1.82, 2.24) is 19.0 Å². The number of aliphatic hydroxyl groups is 1. The number of aromatic nitrogens is 3. The molecule has 0 saturated carbocycles. The van der Waals surface area contributed by atoms with E-state index >= 15 is 0 Å². The molecule has 2 aromatic heterocycles. The van der Waals surface area contributed by atoms with Crippen molar-refractivity contribution in [3.63, 3.8) is 0 Å². The quantitative estimate of drug-likeness (QED) is 0.245. The van der Waals surface area contributed by atoms with Gasteiger partial charge in [-0.25, -0.2) is 4.79 Å². The van der Waals surface area contributed by atoms with E-state index < -0.39 is 0 Å². The number of ether oxygens (including phenoxy) is 1. The summed E-state index contributed by atoms with van der Waals surface area (Å²) in [6, 6.07) is 14.0. The maximum Gasteiger partial charge on any atom is 0.329 e. The summed E-state index contributed by atoms with van der Waals surface area (Å²) in [6.07, 6.45) is 5.86. The largest absolute Gasteiger partial charge is 0.483 e. The van der Waals surface area contributed by atoms with E-state index in [2.05, 4.69) is 23.6 Å². The third kappa shape index (κ3) is 4.86. The van der Waals surface area contributed by atoms with E-state index in [1.165, 1.54) is 0 Å². The summed E-state index contributed by atoms with van der Waals surface area (Å²) in [6.45, 7) is 6.03. The molecule has 0 amide bonds. The van der Waals surface area contributed by atoms with Crippen LogP contribution in [-0.2, 0) is 17.7 Å². The maximum atomic E-state index is 14.0. The number of unbranched alkanes of at least 4 members (excludes halogenated alkanes) is 1. The van der Waals surface area contributed by atoms with Gasteiger partial charge in [0.05, 0.1) is 35.4 Å². The molecule has 0 radical (unpaired) electrons. The standard InChI is InChI=1S/C29H33ClN4O3/c1-20(37-2)32-15-13-22(14-16-32)34-28-25(30)11-7-12-27(28)33(29(34)36)19-26-24(10-5-6-17-35)23-9-4-3-8-21(23)18-31-26/h3-4,7-9,11-12,18,22,35H,1,5-6,10,13-17,19H2,2H3. The van der Waals surface area contributed by atoms with Gasteiger partial charge in [-0.15, -0.1) is 0 Å². The predicted octanol–water partition coefficient (Wildman–Crippen LogP) is 5.12. The minimum absolute atomic E-state index is 0.0330. The van der Waals surface area contributed by atoms with Gasteiger partial charge in [-0.3, -0.25) is 14.1 Å². The number of halogens is 1. The molecule has 8 heteroatoms. The van der Waals surface area contributed by atoms with Crippen molar-refractivity contribution < 1.29 is 9.84 Å². The summed E-state index contributed by atoms with van der Waals surface area (Å²) < 4.78 is 9.01. The van der Waals surface area contributed by atoms with E-state index in [-0.39, 0.29) is 18.3 Å². The number of pyridine rings is 1. The molecule has 37 heavy (non-hydrogen) atoms. The summed E-state index contributed by atoms with van der Waals surface area (Å²) in [5.74, 6) is 0.655. The lowest BCUT2D eigenvalue weighted by Gasteiger charge is -2.34. The highest BCUT2D eigenvalue weighted by molar-refractivity contribution is 6.35. The highest BCUT2D eigenvalue weighted by atomic mass is 35.5. The summed E-state index contributed by atoms with van der Waals surface area (Å²) in [5, 5.41) is 12.1. The molecule has 0 spiro atoms. The van der Waals surface area contributed by atoms with E-state index in [1.807, 2.05) is 45.7 Å². The minimum atomic E-state index is -0.0663. The highest BCUT2D eigenvalue weighted by Gasteiger charge is 2.27. The second-order valence-electron chi connectivity index (χ2n) is 9.61. The Labute approximate surface area is 221 Å². The molecule has 4 aromatic rings. The zero-order valence-electron chi connectivity index (χ0n) is 21.2. The lowest BCUT2D eigenvalue weighted by Crippen LogP contribution is -2.37. The highest BCUT2D eigenvalue weighted by Crippen LogP contribution is 2.31.